The van der Waals surface area contributed by atoms with Gasteiger partial charge in [0.1, 0.15) is 6.04 Å². The minimum absolute atomic E-state index is 0.102. The van der Waals surface area contributed by atoms with Gasteiger partial charge in [-0.2, -0.15) is 5.10 Å². The maximum absolute atomic E-state index is 13.1. The molecule has 10 heteroatoms. The third kappa shape index (κ3) is 4.52. The molecule has 3 aliphatic carbocycles. The summed E-state index contributed by atoms with van der Waals surface area (Å²) in [7, 11) is 0. The Bertz CT molecular complexity index is 1390. The highest BCUT2D eigenvalue weighted by Crippen LogP contribution is 2.47. The van der Waals surface area contributed by atoms with Crippen molar-refractivity contribution in [2.24, 2.45) is 5.92 Å². The zero-order chi connectivity index (χ0) is 27.5. The standard InChI is InChI=1S/C30H35N5O5/c36-21-3-1-2-18(12-21)24-15-34(33-27(24)17-4-5-17)20-10-16(11-20)14-31-19-6-7-22-23(13-19)30(40)35(29(22)39)25-8-9-26(37)32-28(25)38/h6-7,13,15-18,20-21,25,31,36H,1-5,8-12,14H2,(H,32,37,38). The molecule has 3 N–H and O–H groups in total. The van der Waals surface area contributed by atoms with Crippen molar-refractivity contribution in [2.45, 2.75) is 94.2 Å². The van der Waals surface area contributed by atoms with Gasteiger partial charge in [0.2, 0.25) is 11.8 Å². The summed E-state index contributed by atoms with van der Waals surface area (Å²) < 4.78 is 2.18. The number of nitrogens with one attached hydrogen (secondary N) is 2. The molecule has 3 saturated carbocycles. The number of amides is 4. The predicted octanol–water partition coefficient (Wildman–Crippen LogP) is 3.24. The first kappa shape index (κ1) is 25.4. The van der Waals surface area contributed by atoms with Crippen LogP contribution in [0.15, 0.2) is 24.4 Å². The van der Waals surface area contributed by atoms with Crippen LogP contribution in [0.2, 0.25) is 0 Å². The van der Waals surface area contributed by atoms with Crippen molar-refractivity contribution in [3.05, 3.63) is 46.8 Å². The number of carbonyl (C=O) groups excluding carboxylic acids is 4. The Morgan fingerprint density at radius 2 is 1.75 bits per heavy atom. The van der Waals surface area contributed by atoms with Crippen LogP contribution in [0.1, 0.15) is 114 Å². The average Bonchev–Trinajstić information content (AvgIpc) is 3.62. The molecule has 5 aliphatic rings. The van der Waals surface area contributed by atoms with E-state index in [0.717, 1.165) is 55.7 Å². The number of fused-ring (bicyclic) bond motifs is 1. The molecule has 210 valence electrons. The molecule has 2 aromatic rings. The zero-order valence-corrected chi connectivity index (χ0v) is 22.5. The van der Waals surface area contributed by atoms with E-state index < -0.39 is 23.8 Å². The fourth-order valence-electron chi connectivity index (χ4n) is 6.97. The Kier molecular flexibility index (Phi) is 6.25. The van der Waals surface area contributed by atoms with Gasteiger partial charge in [-0.1, -0.05) is 6.42 Å². The summed E-state index contributed by atoms with van der Waals surface area (Å²) >= 11 is 0. The van der Waals surface area contributed by atoms with Gasteiger partial charge in [-0.25, -0.2) is 0 Å². The maximum atomic E-state index is 13.1. The lowest BCUT2D eigenvalue weighted by atomic mass is 9.80. The second kappa shape index (κ2) is 9.83. The van der Waals surface area contributed by atoms with E-state index in [-0.39, 0.29) is 36.0 Å². The summed E-state index contributed by atoms with van der Waals surface area (Å²) in [5.41, 5.74) is 3.98. The first-order chi connectivity index (χ1) is 19.4. The molecule has 4 fully saturated rings. The van der Waals surface area contributed by atoms with Crippen LogP contribution in [0, 0.1) is 5.92 Å². The molecule has 4 amide bonds. The lowest BCUT2D eigenvalue weighted by Gasteiger charge is -2.35. The lowest BCUT2D eigenvalue weighted by Crippen LogP contribution is -2.54. The molecular formula is C30H35N5O5. The third-order valence-corrected chi connectivity index (χ3v) is 9.46. The Balaban J connectivity index is 0.970. The van der Waals surface area contributed by atoms with Crippen LogP contribution in [0.5, 0.6) is 0 Å². The van der Waals surface area contributed by atoms with Crippen LogP contribution in [0.4, 0.5) is 5.69 Å². The molecule has 2 aliphatic heterocycles. The minimum Gasteiger partial charge on any atom is -0.393 e. The number of hydrogen-bond donors (Lipinski definition) is 3. The van der Waals surface area contributed by atoms with Gasteiger partial charge in [-0.15, -0.1) is 0 Å². The normalized spacial score (nSPS) is 30.2. The monoisotopic (exact) mass is 545 g/mol. The van der Waals surface area contributed by atoms with Crippen molar-refractivity contribution < 1.29 is 24.3 Å². The van der Waals surface area contributed by atoms with E-state index in [1.807, 2.05) is 0 Å². The number of rotatable bonds is 7. The number of aromatic nitrogens is 2. The molecule has 0 bridgehead atoms. The van der Waals surface area contributed by atoms with E-state index in [1.54, 1.807) is 18.2 Å². The fraction of sp³-hybridized carbons (Fsp3) is 0.567. The number of hydrogen-bond acceptors (Lipinski definition) is 7. The molecule has 7 rings (SSSR count). The summed E-state index contributed by atoms with van der Waals surface area (Å²) in [6, 6.07) is 4.56. The summed E-state index contributed by atoms with van der Waals surface area (Å²) in [5, 5.41) is 20.9. The van der Waals surface area contributed by atoms with Crippen LogP contribution in [0.25, 0.3) is 0 Å². The number of aliphatic hydroxyl groups excluding tert-OH is 1. The van der Waals surface area contributed by atoms with Gasteiger partial charge >= 0.3 is 0 Å². The Morgan fingerprint density at radius 1 is 0.950 bits per heavy atom. The smallest absolute Gasteiger partial charge is 0.262 e. The third-order valence-electron chi connectivity index (χ3n) is 9.46. The van der Waals surface area contributed by atoms with E-state index in [9.17, 15) is 24.3 Å². The highest BCUT2D eigenvalue weighted by Gasteiger charge is 2.45. The highest BCUT2D eigenvalue weighted by atomic mass is 16.3. The Labute approximate surface area is 232 Å². The van der Waals surface area contributed by atoms with Gasteiger partial charge in [0, 0.05) is 30.8 Å². The average molecular weight is 546 g/mol. The molecule has 0 radical (unpaired) electrons. The van der Waals surface area contributed by atoms with Crippen LogP contribution in [-0.2, 0) is 9.59 Å². The van der Waals surface area contributed by atoms with Crippen molar-refractivity contribution in [2.75, 3.05) is 11.9 Å². The first-order valence-electron chi connectivity index (χ1n) is 14.7. The van der Waals surface area contributed by atoms with Gasteiger partial charge in [0.05, 0.1) is 29.0 Å². The highest BCUT2D eigenvalue weighted by molar-refractivity contribution is 6.23. The van der Waals surface area contributed by atoms with Gasteiger partial charge < -0.3 is 10.4 Å². The van der Waals surface area contributed by atoms with Crippen LogP contribution < -0.4 is 10.6 Å². The number of aliphatic hydroxyl groups is 1. The van der Waals surface area contributed by atoms with Crippen LogP contribution in [-0.4, -0.2) is 62.1 Å². The molecule has 3 heterocycles. The molecule has 0 spiro atoms. The van der Waals surface area contributed by atoms with Crippen molar-refractivity contribution in [1.82, 2.24) is 20.0 Å². The molecule has 3 atom stereocenters. The number of nitrogens with zero attached hydrogens (tertiary/aromatic N) is 3. The number of benzene rings is 1. The van der Waals surface area contributed by atoms with Crippen molar-refractivity contribution >= 4 is 29.3 Å². The minimum atomic E-state index is -0.958. The first-order valence-corrected chi connectivity index (χ1v) is 14.7. The molecule has 1 saturated heterocycles. The number of piperidine rings is 1. The number of imide groups is 2. The largest absolute Gasteiger partial charge is 0.393 e. The van der Waals surface area contributed by atoms with E-state index in [0.29, 0.717) is 23.8 Å². The van der Waals surface area contributed by atoms with Crippen molar-refractivity contribution in [1.29, 1.82) is 0 Å². The summed E-state index contributed by atoms with van der Waals surface area (Å²) in [4.78, 5) is 50.8. The molecule has 1 aromatic heterocycles. The quantitative estimate of drug-likeness (QED) is 0.455. The molecule has 3 unspecified atom stereocenters. The fourth-order valence-corrected chi connectivity index (χ4v) is 6.97. The summed E-state index contributed by atoms with van der Waals surface area (Å²) in [6.07, 6.45) is 10.8. The number of anilines is 1. The van der Waals surface area contributed by atoms with Gasteiger partial charge in [-0.05, 0) is 87.0 Å². The molecule has 10 nitrogen and oxygen atoms in total. The summed E-state index contributed by atoms with van der Waals surface area (Å²) in [6.45, 7) is 0.757. The van der Waals surface area contributed by atoms with Crippen LogP contribution >= 0.6 is 0 Å². The summed E-state index contributed by atoms with van der Waals surface area (Å²) in [5.74, 6) is -0.484. The predicted molar refractivity (Wildman–Crippen MR) is 145 cm³/mol. The zero-order valence-electron chi connectivity index (χ0n) is 22.5. The van der Waals surface area contributed by atoms with E-state index >= 15 is 0 Å². The molecule has 1 aromatic carbocycles. The van der Waals surface area contributed by atoms with E-state index in [4.69, 9.17) is 5.10 Å². The van der Waals surface area contributed by atoms with E-state index in [2.05, 4.69) is 21.5 Å². The number of carbonyl (C=O) groups is 4. The van der Waals surface area contributed by atoms with Gasteiger partial charge in [-0.3, -0.25) is 34.1 Å². The topological polar surface area (TPSA) is 134 Å². The molecule has 40 heavy (non-hydrogen) atoms. The SMILES string of the molecule is O=C1CCC(N2C(=O)c3ccc(NCC4CC(n5cc(C6CCCC(O)C6)c(C6CC6)n5)C4)cc3C2=O)C(=O)N1. The Hall–Kier alpha value is -3.53. The van der Waals surface area contributed by atoms with Crippen molar-refractivity contribution in [3.8, 4) is 0 Å². The van der Waals surface area contributed by atoms with Gasteiger partial charge in [0.15, 0.2) is 0 Å². The van der Waals surface area contributed by atoms with Crippen molar-refractivity contribution in [3.63, 3.8) is 0 Å². The molecular weight excluding hydrogens is 510 g/mol. The second-order valence-electron chi connectivity index (χ2n) is 12.3. The Morgan fingerprint density at radius 3 is 2.50 bits per heavy atom. The van der Waals surface area contributed by atoms with Crippen LogP contribution in [0.3, 0.4) is 0 Å². The lowest BCUT2D eigenvalue weighted by molar-refractivity contribution is -0.136. The maximum Gasteiger partial charge on any atom is 0.262 e. The van der Waals surface area contributed by atoms with E-state index in [1.165, 1.54) is 24.1 Å². The second-order valence-corrected chi connectivity index (χ2v) is 12.3. The van der Waals surface area contributed by atoms with Gasteiger partial charge in [0.25, 0.3) is 11.8 Å².